The Balaban J connectivity index is 2.63. The molecule has 0 aromatic heterocycles. The molecule has 0 aliphatic carbocycles. The molecule has 0 spiro atoms. The first-order valence-corrected chi connectivity index (χ1v) is 4.55. The van der Waals surface area contributed by atoms with E-state index in [9.17, 15) is 0 Å². The summed E-state index contributed by atoms with van der Waals surface area (Å²) in [5.41, 5.74) is -0.261. The van der Waals surface area contributed by atoms with Gasteiger partial charge < -0.3 is 9.64 Å². The van der Waals surface area contributed by atoms with Crippen LogP contribution in [0.2, 0.25) is 0 Å². The number of nitrogens with zero attached hydrogens (tertiary/aromatic N) is 1. The Morgan fingerprint density at radius 2 is 2.29 bits per heavy atom. The van der Waals surface area contributed by atoms with E-state index in [2.05, 4.69) is 15.9 Å². The first-order chi connectivity index (χ1) is 11.0. The fraction of sp³-hybridized carbons (Fsp3) is 0.455. The van der Waals surface area contributed by atoms with Crippen molar-refractivity contribution in [2.45, 2.75) is 12.7 Å². The molecule has 14 heavy (non-hydrogen) atoms. The summed E-state index contributed by atoms with van der Waals surface area (Å²) in [5, 5.41) is 0. The summed E-state index contributed by atoms with van der Waals surface area (Å²) in [6.45, 7) is -6.10. The van der Waals surface area contributed by atoms with Crippen LogP contribution >= 0.6 is 15.9 Å². The third-order valence-corrected chi connectivity index (χ3v) is 2.34. The Kier molecular flexibility index (Phi) is 0.947. The van der Waals surface area contributed by atoms with Crippen molar-refractivity contribution in [3.8, 4) is 5.75 Å². The smallest absolute Gasteiger partial charge is 0.135 e. The van der Waals surface area contributed by atoms with Crippen molar-refractivity contribution in [1.29, 1.82) is 0 Å². The maximum Gasteiger partial charge on any atom is 0.135 e. The van der Waals surface area contributed by atoms with Crippen molar-refractivity contribution in [3.05, 3.63) is 22.7 Å². The van der Waals surface area contributed by atoms with Crippen LogP contribution in [0.5, 0.6) is 5.75 Å². The van der Waals surface area contributed by atoms with Gasteiger partial charge in [-0.05, 0) is 40.8 Å². The molecule has 76 valence electrons. The van der Waals surface area contributed by atoms with E-state index in [1.54, 1.807) is 0 Å². The second kappa shape index (κ2) is 4.22. The standard InChI is InChI=1S/C11H14BrNO/c1-14-11-8-9(4-5-10(11)12)13-6-2-3-7-13/h4-5,8H,2-3,6-7H2,1H3/i1D3,2D2,3D2,6D2,7D2. The predicted octanol–water partition coefficient (Wildman–Crippen LogP) is 3.06. The Hall–Kier alpha value is -0.700. The molecule has 1 aliphatic rings. The summed E-state index contributed by atoms with van der Waals surface area (Å²) >= 11 is 3.06. The third kappa shape index (κ3) is 1.87. The molecule has 1 fully saturated rings. The molecule has 3 heteroatoms. The highest BCUT2D eigenvalue weighted by molar-refractivity contribution is 9.10. The molecule has 1 saturated heterocycles. The van der Waals surface area contributed by atoms with Crippen molar-refractivity contribution in [2.24, 2.45) is 0 Å². The Bertz CT molecular complexity index is 661. The topological polar surface area (TPSA) is 12.5 Å². The molecule has 2 nitrogen and oxygen atoms in total. The molecule has 0 amide bonds. The second-order valence-corrected chi connectivity index (χ2v) is 3.38. The van der Waals surface area contributed by atoms with Crippen molar-refractivity contribution < 1.29 is 19.8 Å². The summed E-state index contributed by atoms with van der Waals surface area (Å²) in [5.74, 6) is -0.239. The molecular weight excluding hydrogens is 242 g/mol. The van der Waals surface area contributed by atoms with Gasteiger partial charge in [0, 0.05) is 35.7 Å². The summed E-state index contributed by atoms with van der Waals surface area (Å²) in [6, 6.07) is 3.51. The molecule has 1 heterocycles. The Labute approximate surface area is 108 Å². The normalized spacial score (nSPS) is 42.9. The molecule has 1 aliphatic heterocycles. The summed E-state index contributed by atoms with van der Waals surface area (Å²) in [6.07, 6.45) is -6.36. The van der Waals surface area contributed by atoms with Gasteiger partial charge in [-0.1, -0.05) is 0 Å². The lowest BCUT2D eigenvalue weighted by Crippen LogP contribution is -2.17. The SMILES string of the molecule is [2H]C([2H])([2H])Oc1cc(N2C([2H])([2H])C([2H])([2H])C([2H])([2H])C2([2H])[2H])ccc1Br. The van der Waals surface area contributed by atoms with Gasteiger partial charge in [-0.25, -0.2) is 0 Å². The van der Waals surface area contributed by atoms with Crippen LogP contribution in [0, 0.1) is 0 Å². The number of hydrogen-bond donors (Lipinski definition) is 0. The maximum atomic E-state index is 7.97. The second-order valence-electron chi connectivity index (χ2n) is 2.53. The van der Waals surface area contributed by atoms with Crippen LogP contribution in [0.4, 0.5) is 5.69 Å². The van der Waals surface area contributed by atoms with Crippen molar-refractivity contribution >= 4 is 21.6 Å². The molecule has 0 unspecified atom stereocenters. The average Bonchev–Trinajstić information content (AvgIpc) is 2.45. The van der Waals surface area contributed by atoms with E-state index in [4.69, 9.17) is 19.8 Å². The lowest BCUT2D eigenvalue weighted by Gasteiger charge is -2.18. The number of benzene rings is 1. The zero-order valence-electron chi connectivity index (χ0n) is 18.0. The minimum absolute atomic E-state index is 0.207. The lowest BCUT2D eigenvalue weighted by atomic mass is 10.3. The fourth-order valence-corrected chi connectivity index (χ4v) is 1.36. The molecule has 0 atom stereocenters. The summed E-state index contributed by atoms with van der Waals surface area (Å²) in [7, 11) is -2.81. The first kappa shape index (κ1) is 3.14. The van der Waals surface area contributed by atoms with E-state index in [1.165, 1.54) is 12.1 Å². The molecule has 0 bridgehead atoms. The van der Waals surface area contributed by atoms with Crippen molar-refractivity contribution in [1.82, 2.24) is 0 Å². The van der Waals surface area contributed by atoms with Crippen LogP contribution in [0.15, 0.2) is 22.7 Å². The van der Waals surface area contributed by atoms with Gasteiger partial charge in [-0.15, -0.1) is 0 Å². The lowest BCUT2D eigenvalue weighted by molar-refractivity contribution is 0.412. The number of anilines is 1. The minimum atomic E-state index is -3.18. The molecule has 0 radical (unpaired) electrons. The van der Waals surface area contributed by atoms with Gasteiger partial charge in [0.05, 0.1) is 15.6 Å². The Morgan fingerprint density at radius 1 is 1.50 bits per heavy atom. The van der Waals surface area contributed by atoms with E-state index in [0.29, 0.717) is 4.90 Å². The van der Waals surface area contributed by atoms with Gasteiger partial charge in [0.2, 0.25) is 0 Å². The molecular formula is C11H14BrNO. The monoisotopic (exact) mass is 266 g/mol. The molecule has 1 aromatic carbocycles. The van der Waals surface area contributed by atoms with Crippen molar-refractivity contribution in [3.63, 3.8) is 0 Å². The molecule has 1 aromatic rings. The van der Waals surface area contributed by atoms with Gasteiger partial charge >= 0.3 is 0 Å². The van der Waals surface area contributed by atoms with Crippen LogP contribution in [0.1, 0.15) is 27.8 Å². The average molecular weight is 267 g/mol. The quantitative estimate of drug-likeness (QED) is 0.816. The van der Waals surface area contributed by atoms with E-state index in [0.717, 1.165) is 6.07 Å². The molecule has 0 saturated carbocycles. The first-order valence-electron chi connectivity index (χ1n) is 9.26. The van der Waals surface area contributed by atoms with Gasteiger partial charge in [0.25, 0.3) is 0 Å². The van der Waals surface area contributed by atoms with Crippen LogP contribution in [0.25, 0.3) is 0 Å². The highest BCUT2D eigenvalue weighted by Crippen LogP contribution is 2.30. The number of halogens is 1. The van der Waals surface area contributed by atoms with Gasteiger partial charge in [-0.2, -0.15) is 0 Å². The Morgan fingerprint density at radius 3 is 3.00 bits per heavy atom. The predicted molar refractivity (Wildman–Crippen MR) is 62.1 cm³/mol. The zero-order chi connectivity index (χ0) is 19.6. The van der Waals surface area contributed by atoms with Crippen LogP contribution < -0.4 is 9.64 Å². The third-order valence-electron chi connectivity index (χ3n) is 1.68. The van der Waals surface area contributed by atoms with Gasteiger partial charge in [0.15, 0.2) is 0 Å². The van der Waals surface area contributed by atoms with Gasteiger partial charge in [-0.3, -0.25) is 0 Å². The highest BCUT2D eigenvalue weighted by Gasteiger charge is 2.13. The summed E-state index contributed by atoms with van der Waals surface area (Å²) in [4.78, 5) is 0.332. The summed E-state index contributed by atoms with van der Waals surface area (Å²) < 4.78 is 89.4. The van der Waals surface area contributed by atoms with E-state index in [1.807, 2.05) is 0 Å². The maximum absolute atomic E-state index is 7.97. The minimum Gasteiger partial charge on any atom is -0.495 e. The van der Waals surface area contributed by atoms with Gasteiger partial charge in [0.1, 0.15) is 5.75 Å². The largest absolute Gasteiger partial charge is 0.495 e. The molecule has 2 rings (SSSR count). The number of ether oxygens (including phenoxy) is 1. The van der Waals surface area contributed by atoms with E-state index < -0.39 is 32.8 Å². The zero-order valence-corrected chi connectivity index (χ0v) is 8.55. The number of rotatable bonds is 2. The van der Waals surface area contributed by atoms with Crippen LogP contribution in [-0.4, -0.2) is 20.0 Å². The number of hydrogen-bond acceptors (Lipinski definition) is 2. The highest BCUT2D eigenvalue weighted by atomic mass is 79.9. The number of methoxy groups -OCH3 is 1. The van der Waals surface area contributed by atoms with Crippen LogP contribution in [0.3, 0.4) is 0 Å². The van der Waals surface area contributed by atoms with Crippen molar-refractivity contribution in [2.75, 3.05) is 24.9 Å². The van der Waals surface area contributed by atoms with Crippen LogP contribution in [-0.2, 0) is 0 Å². The fourth-order valence-electron chi connectivity index (χ4n) is 1.03. The van der Waals surface area contributed by atoms with E-state index >= 15 is 0 Å². The van der Waals surface area contributed by atoms with E-state index in [-0.39, 0.29) is 15.9 Å². The molecule has 0 N–H and O–H groups in total.